The minimum atomic E-state index is -1.47. The number of ether oxygens (including phenoxy) is 2. The van der Waals surface area contributed by atoms with E-state index < -0.39 is 18.2 Å². The van der Waals surface area contributed by atoms with Crippen LogP contribution >= 0.6 is 0 Å². The molecule has 0 N–H and O–H groups in total. The van der Waals surface area contributed by atoms with E-state index in [0.717, 1.165) is 0 Å². The molecule has 6 nitrogen and oxygen atoms in total. The fourth-order valence-corrected chi connectivity index (χ4v) is 2.87. The van der Waals surface area contributed by atoms with Crippen molar-refractivity contribution < 1.29 is 19.1 Å². The first-order valence-corrected chi connectivity index (χ1v) is 9.09. The highest BCUT2D eigenvalue weighted by molar-refractivity contribution is 5.88. The number of likely N-dealkylation sites (N-methyl/N-ethyl adjacent to an activating group) is 1. The van der Waals surface area contributed by atoms with E-state index in [1.165, 1.54) is 4.90 Å². The number of nitriles is 1. The predicted octanol–water partition coefficient (Wildman–Crippen LogP) is 2.88. The molecule has 6 heteroatoms. The zero-order valence-electron chi connectivity index (χ0n) is 16.1. The van der Waals surface area contributed by atoms with E-state index in [-0.39, 0.29) is 25.5 Å². The Morgan fingerprint density at radius 3 is 2.04 bits per heavy atom. The Morgan fingerprint density at radius 1 is 1.04 bits per heavy atom. The molecule has 0 spiro atoms. The maximum Gasteiger partial charge on any atom is 0.348 e. The molecule has 0 unspecified atom stereocenters. The molecule has 0 radical (unpaired) electrons. The highest BCUT2D eigenvalue weighted by Crippen LogP contribution is 2.35. The minimum Gasteiger partial charge on any atom is -0.453 e. The smallest absolute Gasteiger partial charge is 0.348 e. The molecule has 0 heterocycles. The number of hydrogen-bond acceptors (Lipinski definition) is 5. The SMILES string of the molecule is CCOC(C(=O)OCC(=O)N(C)CCC#N)(c1ccccc1)c1ccccc1. The van der Waals surface area contributed by atoms with E-state index in [0.29, 0.717) is 11.1 Å². The topological polar surface area (TPSA) is 79.6 Å². The van der Waals surface area contributed by atoms with Crippen LogP contribution in [0.4, 0.5) is 0 Å². The van der Waals surface area contributed by atoms with Gasteiger partial charge in [-0.25, -0.2) is 4.79 Å². The Balaban J connectivity index is 2.33. The van der Waals surface area contributed by atoms with Crippen LogP contribution in [0.5, 0.6) is 0 Å². The summed E-state index contributed by atoms with van der Waals surface area (Å²) in [5.74, 6) is -1.04. The van der Waals surface area contributed by atoms with Crippen molar-refractivity contribution in [3.8, 4) is 6.07 Å². The van der Waals surface area contributed by atoms with Crippen LogP contribution in [0, 0.1) is 11.3 Å². The lowest BCUT2D eigenvalue weighted by Crippen LogP contribution is -2.43. The van der Waals surface area contributed by atoms with Gasteiger partial charge in [-0.3, -0.25) is 4.79 Å². The van der Waals surface area contributed by atoms with Gasteiger partial charge in [-0.15, -0.1) is 0 Å². The van der Waals surface area contributed by atoms with E-state index in [4.69, 9.17) is 14.7 Å². The normalized spacial score (nSPS) is 10.8. The molecule has 0 fully saturated rings. The number of carbonyl (C=O) groups excluding carboxylic acids is 2. The highest BCUT2D eigenvalue weighted by atomic mass is 16.6. The van der Waals surface area contributed by atoms with Crippen LogP contribution in [0.15, 0.2) is 60.7 Å². The summed E-state index contributed by atoms with van der Waals surface area (Å²) in [6.07, 6.45) is 0.215. The standard InChI is InChI=1S/C22H24N2O4/c1-3-28-22(18-11-6-4-7-12-18,19-13-8-5-9-14-19)21(26)27-17-20(25)24(2)16-10-15-23/h4-9,11-14H,3,10,16-17H2,1-2H3. The zero-order chi connectivity index (χ0) is 20.4. The molecule has 0 aromatic heterocycles. The second-order valence-corrected chi connectivity index (χ2v) is 6.15. The Labute approximate surface area is 165 Å². The molecule has 0 saturated heterocycles. The number of rotatable bonds is 9. The molecule has 1 amide bonds. The molecule has 2 rings (SSSR count). The van der Waals surface area contributed by atoms with Crippen LogP contribution in [0.3, 0.4) is 0 Å². The van der Waals surface area contributed by atoms with Crippen LogP contribution in [0.25, 0.3) is 0 Å². The van der Waals surface area contributed by atoms with Crippen LogP contribution < -0.4 is 0 Å². The van der Waals surface area contributed by atoms with Crippen LogP contribution in [0.1, 0.15) is 24.5 Å². The van der Waals surface area contributed by atoms with Crippen molar-refractivity contribution in [3.05, 3.63) is 71.8 Å². The third-order valence-electron chi connectivity index (χ3n) is 4.32. The van der Waals surface area contributed by atoms with Crippen molar-refractivity contribution in [3.63, 3.8) is 0 Å². The Morgan fingerprint density at radius 2 is 1.57 bits per heavy atom. The van der Waals surface area contributed by atoms with Crippen molar-refractivity contribution in [2.24, 2.45) is 0 Å². The summed E-state index contributed by atoms with van der Waals surface area (Å²) in [6.45, 7) is 1.93. The van der Waals surface area contributed by atoms with Gasteiger partial charge in [0.2, 0.25) is 5.60 Å². The number of carbonyl (C=O) groups is 2. The van der Waals surface area contributed by atoms with Gasteiger partial charge in [-0.1, -0.05) is 60.7 Å². The molecule has 146 valence electrons. The maximum atomic E-state index is 13.2. The molecular formula is C22H24N2O4. The van der Waals surface area contributed by atoms with Gasteiger partial charge in [0.05, 0.1) is 12.5 Å². The lowest BCUT2D eigenvalue weighted by atomic mass is 9.86. The van der Waals surface area contributed by atoms with Gasteiger partial charge in [-0.2, -0.15) is 5.26 Å². The Kier molecular flexibility index (Phi) is 7.73. The van der Waals surface area contributed by atoms with Crippen LogP contribution in [-0.2, 0) is 24.7 Å². The zero-order valence-corrected chi connectivity index (χ0v) is 16.1. The van der Waals surface area contributed by atoms with Gasteiger partial charge in [0.15, 0.2) is 6.61 Å². The first-order valence-electron chi connectivity index (χ1n) is 9.09. The van der Waals surface area contributed by atoms with Gasteiger partial charge in [0.1, 0.15) is 0 Å². The first-order chi connectivity index (χ1) is 13.6. The van der Waals surface area contributed by atoms with Crippen molar-refractivity contribution in [1.29, 1.82) is 5.26 Å². The fourth-order valence-electron chi connectivity index (χ4n) is 2.87. The molecule has 0 aliphatic carbocycles. The second-order valence-electron chi connectivity index (χ2n) is 6.15. The summed E-state index contributed by atoms with van der Waals surface area (Å²) < 4.78 is 11.4. The number of esters is 1. The lowest BCUT2D eigenvalue weighted by Gasteiger charge is -2.32. The Hall–Kier alpha value is -3.17. The second kappa shape index (κ2) is 10.2. The highest BCUT2D eigenvalue weighted by Gasteiger charge is 2.45. The van der Waals surface area contributed by atoms with Crippen molar-refractivity contribution in [1.82, 2.24) is 4.90 Å². The van der Waals surface area contributed by atoms with Crippen LogP contribution in [0.2, 0.25) is 0 Å². The average molecular weight is 380 g/mol. The number of hydrogen-bond donors (Lipinski definition) is 0. The third kappa shape index (κ3) is 4.76. The van der Waals surface area contributed by atoms with Gasteiger partial charge in [0, 0.05) is 20.2 Å². The fraction of sp³-hybridized carbons (Fsp3) is 0.318. The summed E-state index contributed by atoms with van der Waals surface area (Å²) in [4.78, 5) is 26.8. The molecule has 2 aromatic carbocycles. The summed E-state index contributed by atoms with van der Waals surface area (Å²) in [7, 11) is 1.57. The molecular weight excluding hydrogens is 356 g/mol. The summed E-state index contributed by atoms with van der Waals surface area (Å²) in [5, 5.41) is 8.64. The molecule has 0 atom stereocenters. The summed E-state index contributed by atoms with van der Waals surface area (Å²) in [5.41, 5.74) is -0.223. The number of benzene rings is 2. The predicted molar refractivity (Wildman–Crippen MR) is 104 cm³/mol. The monoisotopic (exact) mass is 380 g/mol. The summed E-state index contributed by atoms with van der Waals surface area (Å²) >= 11 is 0. The lowest BCUT2D eigenvalue weighted by molar-refractivity contribution is -0.171. The average Bonchev–Trinajstić information content (AvgIpc) is 2.75. The maximum absolute atomic E-state index is 13.2. The molecule has 2 aromatic rings. The number of amides is 1. The molecule has 0 aliphatic heterocycles. The first kappa shape index (κ1) is 21.1. The molecule has 0 saturated carbocycles. The Bertz CT molecular complexity index is 776. The largest absolute Gasteiger partial charge is 0.453 e. The molecule has 0 aliphatic rings. The van der Waals surface area contributed by atoms with Gasteiger partial charge < -0.3 is 14.4 Å². The molecule has 28 heavy (non-hydrogen) atoms. The molecule has 0 bridgehead atoms. The van der Waals surface area contributed by atoms with E-state index >= 15 is 0 Å². The van der Waals surface area contributed by atoms with Gasteiger partial charge >= 0.3 is 5.97 Å². The van der Waals surface area contributed by atoms with Gasteiger partial charge in [-0.05, 0) is 18.1 Å². The third-order valence-corrected chi connectivity index (χ3v) is 4.32. The minimum absolute atomic E-state index is 0.215. The van der Waals surface area contributed by atoms with E-state index in [9.17, 15) is 9.59 Å². The van der Waals surface area contributed by atoms with Crippen molar-refractivity contribution in [2.75, 3.05) is 26.8 Å². The van der Waals surface area contributed by atoms with Crippen molar-refractivity contribution in [2.45, 2.75) is 18.9 Å². The van der Waals surface area contributed by atoms with Crippen LogP contribution in [-0.4, -0.2) is 43.6 Å². The van der Waals surface area contributed by atoms with Gasteiger partial charge in [0.25, 0.3) is 5.91 Å². The quantitative estimate of drug-likeness (QED) is 0.625. The van der Waals surface area contributed by atoms with E-state index in [1.807, 2.05) is 42.5 Å². The summed E-state index contributed by atoms with van der Waals surface area (Å²) in [6, 6.07) is 20.1. The van der Waals surface area contributed by atoms with E-state index in [1.54, 1.807) is 38.2 Å². The number of nitrogens with zero attached hydrogens (tertiary/aromatic N) is 2. The van der Waals surface area contributed by atoms with E-state index in [2.05, 4.69) is 0 Å². The van der Waals surface area contributed by atoms with Crippen molar-refractivity contribution >= 4 is 11.9 Å².